The Morgan fingerprint density at radius 3 is 2.79 bits per heavy atom. The van der Waals surface area contributed by atoms with Crippen molar-refractivity contribution in [3.63, 3.8) is 0 Å². The van der Waals surface area contributed by atoms with Crippen LogP contribution in [0.5, 0.6) is 0 Å². The predicted octanol–water partition coefficient (Wildman–Crippen LogP) is 4.29. The molecule has 2 unspecified atom stereocenters. The Hall–Kier alpha value is -0.200. The van der Waals surface area contributed by atoms with Crippen molar-refractivity contribution in [1.29, 1.82) is 0 Å². The van der Waals surface area contributed by atoms with Gasteiger partial charge in [0.1, 0.15) is 0 Å². The van der Waals surface area contributed by atoms with Gasteiger partial charge in [-0.2, -0.15) is 0 Å². The highest BCUT2D eigenvalue weighted by molar-refractivity contribution is 6.30. The van der Waals surface area contributed by atoms with Gasteiger partial charge in [0.05, 0.1) is 0 Å². The maximum atomic E-state index is 6.08. The van der Waals surface area contributed by atoms with E-state index < -0.39 is 0 Å². The second kappa shape index (κ2) is 4.55. The van der Waals surface area contributed by atoms with E-state index in [2.05, 4.69) is 12.1 Å². The molecule has 0 aliphatic heterocycles. The molecule has 0 spiro atoms. The van der Waals surface area contributed by atoms with Crippen molar-refractivity contribution < 1.29 is 0 Å². The Morgan fingerprint density at radius 2 is 2.14 bits per heavy atom. The van der Waals surface area contributed by atoms with E-state index >= 15 is 0 Å². The van der Waals surface area contributed by atoms with Gasteiger partial charge in [-0.1, -0.05) is 23.7 Å². The molecule has 2 heteroatoms. The van der Waals surface area contributed by atoms with Crippen molar-refractivity contribution >= 4 is 23.2 Å². The maximum Gasteiger partial charge on any atom is 0.0408 e. The summed E-state index contributed by atoms with van der Waals surface area (Å²) in [5.41, 5.74) is 1.34. The van der Waals surface area contributed by atoms with Crippen LogP contribution in [0.2, 0.25) is 5.02 Å². The standard InChI is InChI=1S/C12H14Cl2/c13-11-3-1-2-9(7-11)6-10-4-5-12(14)8-10/h1-3,7,10,12H,4-6,8H2. The summed E-state index contributed by atoms with van der Waals surface area (Å²) in [4.78, 5) is 0. The molecule has 1 aromatic rings. The minimum atomic E-state index is 0.402. The molecule has 76 valence electrons. The monoisotopic (exact) mass is 228 g/mol. The zero-order valence-electron chi connectivity index (χ0n) is 8.05. The van der Waals surface area contributed by atoms with Gasteiger partial charge in [-0.3, -0.25) is 0 Å². The lowest BCUT2D eigenvalue weighted by atomic mass is 9.98. The first-order chi connectivity index (χ1) is 6.74. The Balaban J connectivity index is 1.97. The minimum Gasteiger partial charge on any atom is -0.123 e. The lowest BCUT2D eigenvalue weighted by Gasteiger charge is -2.08. The van der Waals surface area contributed by atoms with Gasteiger partial charge in [-0.05, 0) is 49.3 Å². The smallest absolute Gasteiger partial charge is 0.0408 e. The quantitative estimate of drug-likeness (QED) is 0.663. The largest absolute Gasteiger partial charge is 0.123 e. The van der Waals surface area contributed by atoms with Gasteiger partial charge in [0.15, 0.2) is 0 Å². The van der Waals surface area contributed by atoms with Crippen LogP contribution in [0, 0.1) is 5.92 Å². The average Bonchev–Trinajstić information content (AvgIpc) is 2.51. The summed E-state index contributed by atoms with van der Waals surface area (Å²) >= 11 is 12.0. The molecule has 0 aromatic heterocycles. The molecule has 0 N–H and O–H groups in total. The van der Waals surface area contributed by atoms with E-state index in [9.17, 15) is 0 Å². The molecular weight excluding hydrogens is 215 g/mol. The highest BCUT2D eigenvalue weighted by Crippen LogP contribution is 2.32. The van der Waals surface area contributed by atoms with Crippen molar-refractivity contribution in [3.8, 4) is 0 Å². The number of rotatable bonds is 2. The average molecular weight is 229 g/mol. The topological polar surface area (TPSA) is 0 Å². The summed E-state index contributed by atoms with van der Waals surface area (Å²) in [5.74, 6) is 0.760. The van der Waals surface area contributed by atoms with Crippen LogP contribution in [-0.4, -0.2) is 5.38 Å². The molecule has 1 aliphatic rings. The van der Waals surface area contributed by atoms with Crippen molar-refractivity contribution in [2.75, 3.05) is 0 Å². The molecule has 14 heavy (non-hydrogen) atoms. The van der Waals surface area contributed by atoms with Crippen molar-refractivity contribution in [2.24, 2.45) is 5.92 Å². The summed E-state index contributed by atoms with van der Waals surface area (Å²) in [6.07, 6.45) is 4.73. The third kappa shape index (κ3) is 2.65. The number of halogens is 2. The fourth-order valence-corrected chi connectivity index (χ4v) is 2.79. The molecule has 2 atom stereocenters. The molecule has 2 rings (SSSR count). The molecule has 1 aromatic carbocycles. The minimum absolute atomic E-state index is 0.402. The van der Waals surface area contributed by atoms with E-state index in [-0.39, 0.29) is 0 Å². The Bertz CT molecular complexity index is 309. The Kier molecular flexibility index (Phi) is 3.35. The Morgan fingerprint density at radius 1 is 1.29 bits per heavy atom. The third-order valence-electron chi connectivity index (χ3n) is 2.89. The van der Waals surface area contributed by atoms with Gasteiger partial charge >= 0.3 is 0 Å². The first kappa shape index (κ1) is 10.3. The number of alkyl halides is 1. The van der Waals surface area contributed by atoms with Crippen LogP contribution in [-0.2, 0) is 6.42 Å². The van der Waals surface area contributed by atoms with Gasteiger partial charge in [0.25, 0.3) is 0 Å². The fraction of sp³-hybridized carbons (Fsp3) is 0.500. The zero-order chi connectivity index (χ0) is 9.97. The van der Waals surface area contributed by atoms with Gasteiger partial charge in [0, 0.05) is 10.4 Å². The molecule has 0 radical (unpaired) electrons. The summed E-state index contributed by atoms with van der Waals surface area (Å²) in [6, 6.07) is 8.14. The normalized spacial score (nSPS) is 26.7. The first-order valence-corrected chi connectivity index (χ1v) is 5.94. The van der Waals surface area contributed by atoms with Crippen molar-refractivity contribution in [1.82, 2.24) is 0 Å². The van der Waals surface area contributed by atoms with Crippen LogP contribution in [0.1, 0.15) is 24.8 Å². The Labute approximate surface area is 95.2 Å². The summed E-state index contributed by atoms with van der Waals surface area (Å²) in [5, 5.41) is 1.24. The zero-order valence-corrected chi connectivity index (χ0v) is 9.56. The van der Waals surface area contributed by atoms with Crippen LogP contribution in [0.4, 0.5) is 0 Å². The summed E-state index contributed by atoms with van der Waals surface area (Å²) in [7, 11) is 0. The van der Waals surface area contributed by atoms with E-state index in [1.165, 1.54) is 18.4 Å². The van der Waals surface area contributed by atoms with Crippen molar-refractivity contribution in [3.05, 3.63) is 34.9 Å². The molecule has 1 fully saturated rings. The number of hydrogen-bond donors (Lipinski definition) is 0. The SMILES string of the molecule is Clc1cccc(CC2CCC(Cl)C2)c1. The highest BCUT2D eigenvalue weighted by atomic mass is 35.5. The van der Waals surface area contributed by atoms with E-state index in [0.29, 0.717) is 5.38 Å². The van der Waals surface area contributed by atoms with Crippen LogP contribution in [0.3, 0.4) is 0 Å². The second-order valence-electron chi connectivity index (χ2n) is 4.11. The lowest BCUT2D eigenvalue weighted by Crippen LogP contribution is -2.00. The van der Waals surface area contributed by atoms with Gasteiger partial charge in [-0.25, -0.2) is 0 Å². The third-order valence-corrected chi connectivity index (χ3v) is 3.52. The molecule has 0 amide bonds. The van der Waals surface area contributed by atoms with Crippen LogP contribution >= 0.6 is 23.2 Å². The first-order valence-electron chi connectivity index (χ1n) is 5.12. The lowest BCUT2D eigenvalue weighted by molar-refractivity contribution is 0.547. The summed E-state index contributed by atoms with van der Waals surface area (Å²) in [6.45, 7) is 0. The second-order valence-corrected chi connectivity index (χ2v) is 5.16. The predicted molar refractivity (Wildman–Crippen MR) is 62.1 cm³/mol. The molecular formula is C12H14Cl2. The molecule has 0 heterocycles. The van der Waals surface area contributed by atoms with Crippen LogP contribution < -0.4 is 0 Å². The summed E-state index contributed by atoms with van der Waals surface area (Å²) < 4.78 is 0. The van der Waals surface area contributed by atoms with Gasteiger partial charge in [-0.15, -0.1) is 11.6 Å². The van der Waals surface area contributed by atoms with Crippen molar-refractivity contribution in [2.45, 2.75) is 31.1 Å². The highest BCUT2D eigenvalue weighted by Gasteiger charge is 2.22. The maximum absolute atomic E-state index is 6.08. The van der Waals surface area contributed by atoms with E-state index in [4.69, 9.17) is 23.2 Å². The molecule has 0 saturated heterocycles. The fourth-order valence-electron chi connectivity index (χ4n) is 2.20. The molecule has 1 saturated carbocycles. The van der Waals surface area contributed by atoms with Gasteiger partial charge < -0.3 is 0 Å². The van der Waals surface area contributed by atoms with Gasteiger partial charge in [0.2, 0.25) is 0 Å². The number of benzene rings is 1. The molecule has 0 nitrogen and oxygen atoms in total. The van der Waals surface area contributed by atoms with E-state index in [1.54, 1.807) is 0 Å². The van der Waals surface area contributed by atoms with E-state index in [0.717, 1.165) is 23.8 Å². The van der Waals surface area contributed by atoms with Crippen LogP contribution in [0.25, 0.3) is 0 Å². The molecule has 1 aliphatic carbocycles. The molecule has 0 bridgehead atoms. The number of hydrogen-bond acceptors (Lipinski definition) is 0. The van der Waals surface area contributed by atoms with E-state index in [1.807, 2.05) is 12.1 Å². The van der Waals surface area contributed by atoms with Crippen LogP contribution in [0.15, 0.2) is 24.3 Å².